The first-order valence-electron chi connectivity index (χ1n) is 5.97. The molecule has 0 amide bonds. The minimum atomic E-state index is -3.96. The van der Waals surface area contributed by atoms with Gasteiger partial charge in [0, 0.05) is 0 Å². The molecule has 1 aromatic heterocycles. The normalized spacial score (nSPS) is 11.4. The second-order valence-corrected chi connectivity index (χ2v) is 6.24. The second kappa shape index (κ2) is 5.17. The molecule has 0 bridgehead atoms. The largest absolute Gasteiger partial charge is 0.478 e. The van der Waals surface area contributed by atoms with Crippen molar-refractivity contribution >= 4 is 21.9 Å². The summed E-state index contributed by atoms with van der Waals surface area (Å²) in [5.74, 6) is -0.818. The van der Waals surface area contributed by atoms with Crippen LogP contribution in [0.15, 0.2) is 17.0 Å². The molecule has 1 aromatic carbocycles. The summed E-state index contributed by atoms with van der Waals surface area (Å²) >= 11 is 0. The molecule has 0 spiro atoms. The summed E-state index contributed by atoms with van der Waals surface area (Å²) in [7, 11) is -3.96. The third-order valence-electron chi connectivity index (χ3n) is 2.86. The van der Waals surface area contributed by atoms with Gasteiger partial charge in [-0.2, -0.15) is 4.98 Å². The van der Waals surface area contributed by atoms with Crippen LogP contribution in [0.1, 0.15) is 27.3 Å². The van der Waals surface area contributed by atoms with E-state index in [2.05, 4.69) is 19.9 Å². The van der Waals surface area contributed by atoms with Gasteiger partial charge < -0.3 is 5.11 Å². The number of aromatic amines is 1. The lowest BCUT2D eigenvalue weighted by Gasteiger charge is -2.10. The number of anilines is 1. The minimum Gasteiger partial charge on any atom is -0.478 e. The van der Waals surface area contributed by atoms with E-state index in [1.54, 1.807) is 20.8 Å². The maximum atomic E-state index is 12.3. The van der Waals surface area contributed by atoms with Gasteiger partial charge in [-0.05, 0) is 38.0 Å². The average molecular weight is 310 g/mol. The van der Waals surface area contributed by atoms with Gasteiger partial charge in [0.05, 0.1) is 10.5 Å². The van der Waals surface area contributed by atoms with Gasteiger partial charge in [-0.25, -0.2) is 17.9 Å². The van der Waals surface area contributed by atoms with Crippen LogP contribution in [-0.2, 0) is 10.0 Å². The molecule has 0 aliphatic carbocycles. The van der Waals surface area contributed by atoms with Crippen LogP contribution in [-0.4, -0.2) is 34.7 Å². The molecule has 9 heteroatoms. The first-order chi connectivity index (χ1) is 9.70. The maximum Gasteiger partial charge on any atom is 0.335 e. The van der Waals surface area contributed by atoms with E-state index in [-0.39, 0.29) is 16.4 Å². The van der Waals surface area contributed by atoms with Gasteiger partial charge in [0.2, 0.25) is 0 Å². The number of aromatic carboxylic acids is 1. The molecule has 1 heterocycles. The summed E-state index contributed by atoms with van der Waals surface area (Å²) in [4.78, 5) is 14.9. The summed E-state index contributed by atoms with van der Waals surface area (Å²) < 4.78 is 26.8. The Morgan fingerprint density at radius 2 is 1.90 bits per heavy atom. The van der Waals surface area contributed by atoms with Crippen LogP contribution < -0.4 is 4.72 Å². The van der Waals surface area contributed by atoms with Crippen LogP contribution in [0.3, 0.4) is 0 Å². The molecule has 0 saturated carbocycles. The Morgan fingerprint density at radius 3 is 2.43 bits per heavy atom. The van der Waals surface area contributed by atoms with Crippen molar-refractivity contribution in [3.63, 3.8) is 0 Å². The SMILES string of the molecule is Cc1nc(NS(=O)(=O)c2cc(C(=O)O)c(C)cc2C)n[nH]1. The topological polar surface area (TPSA) is 125 Å². The first-order valence-corrected chi connectivity index (χ1v) is 7.45. The predicted octanol–water partition coefficient (Wildman–Crippen LogP) is 1.23. The average Bonchev–Trinajstić information content (AvgIpc) is 2.72. The van der Waals surface area contributed by atoms with Gasteiger partial charge in [0.15, 0.2) is 0 Å². The van der Waals surface area contributed by atoms with Crippen molar-refractivity contribution < 1.29 is 18.3 Å². The monoisotopic (exact) mass is 310 g/mol. The zero-order valence-electron chi connectivity index (χ0n) is 11.6. The maximum absolute atomic E-state index is 12.3. The third kappa shape index (κ3) is 3.02. The van der Waals surface area contributed by atoms with Crippen molar-refractivity contribution in [3.8, 4) is 0 Å². The number of aromatic nitrogens is 3. The zero-order valence-corrected chi connectivity index (χ0v) is 12.4. The van der Waals surface area contributed by atoms with Crippen LogP contribution in [0.25, 0.3) is 0 Å². The second-order valence-electron chi connectivity index (χ2n) is 4.59. The fraction of sp³-hybridized carbons (Fsp3) is 0.250. The standard InChI is InChI=1S/C12H14N4O4S/c1-6-4-7(2)10(5-9(6)11(17)18)21(19,20)16-12-13-8(3)14-15-12/h4-5H,1-3H3,(H,17,18)(H2,13,14,15,16). The quantitative estimate of drug-likeness (QED) is 0.780. The number of hydrogen-bond donors (Lipinski definition) is 3. The highest BCUT2D eigenvalue weighted by molar-refractivity contribution is 7.92. The summed E-state index contributed by atoms with van der Waals surface area (Å²) in [5, 5.41) is 15.3. The van der Waals surface area contributed by atoms with E-state index in [1.165, 1.54) is 6.07 Å². The molecule has 0 aliphatic heterocycles. The van der Waals surface area contributed by atoms with E-state index in [0.717, 1.165) is 6.07 Å². The lowest BCUT2D eigenvalue weighted by molar-refractivity contribution is 0.0696. The van der Waals surface area contributed by atoms with Crippen LogP contribution >= 0.6 is 0 Å². The highest BCUT2D eigenvalue weighted by Crippen LogP contribution is 2.22. The Balaban J connectivity index is 2.49. The number of carboxylic acids is 1. The molecule has 3 N–H and O–H groups in total. The van der Waals surface area contributed by atoms with E-state index in [9.17, 15) is 13.2 Å². The number of nitrogens with zero attached hydrogens (tertiary/aromatic N) is 2. The molecule has 0 unspecified atom stereocenters. The Labute approximate surface area is 121 Å². The highest BCUT2D eigenvalue weighted by Gasteiger charge is 2.22. The van der Waals surface area contributed by atoms with Gasteiger partial charge in [-0.15, -0.1) is 5.10 Å². The molecular formula is C12H14N4O4S. The van der Waals surface area contributed by atoms with Crippen LogP contribution in [0.5, 0.6) is 0 Å². The summed E-state index contributed by atoms with van der Waals surface area (Å²) in [5.41, 5.74) is 0.872. The summed E-state index contributed by atoms with van der Waals surface area (Å²) in [6.07, 6.45) is 0. The number of carboxylic acid groups (broad SMARTS) is 1. The van der Waals surface area contributed by atoms with Crippen molar-refractivity contribution in [1.82, 2.24) is 15.2 Å². The fourth-order valence-corrected chi connectivity index (χ4v) is 3.11. The molecule has 2 rings (SSSR count). The number of benzene rings is 1. The molecule has 0 saturated heterocycles. The third-order valence-corrected chi connectivity index (χ3v) is 4.33. The smallest absolute Gasteiger partial charge is 0.335 e. The van der Waals surface area contributed by atoms with Gasteiger partial charge in [-0.3, -0.25) is 5.10 Å². The summed E-state index contributed by atoms with van der Waals surface area (Å²) in [6.45, 7) is 4.83. The lowest BCUT2D eigenvalue weighted by atomic mass is 10.1. The molecule has 8 nitrogen and oxygen atoms in total. The zero-order chi connectivity index (χ0) is 15.8. The molecule has 0 atom stereocenters. The number of carbonyl (C=O) groups is 1. The molecular weight excluding hydrogens is 296 g/mol. The van der Waals surface area contributed by atoms with Crippen molar-refractivity contribution in [2.24, 2.45) is 0 Å². The van der Waals surface area contributed by atoms with Crippen molar-refractivity contribution in [2.75, 3.05) is 4.72 Å². The predicted molar refractivity (Wildman–Crippen MR) is 74.8 cm³/mol. The van der Waals surface area contributed by atoms with E-state index < -0.39 is 16.0 Å². The molecule has 21 heavy (non-hydrogen) atoms. The first kappa shape index (κ1) is 15.0. The van der Waals surface area contributed by atoms with Crippen LogP contribution in [0.2, 0.25) is 0 Å². The number of sulfonamides is 1. The number of H-pyrrole nitrogens is 1. The van der Waals surface area contributed by atoms with Crippen LogP contribution in [0.4, 0.5) is 5.95 Å². The highest BCUT2D eigenvalue weighted by atomic mass is 32.2. The molecule has 0 radical (unpaired) electrons. The number of nitrogens with one attached hydrogen (secondary N) is 2. The van der Waals surface area contributed by atoms with E-state index >= 15 is 0 Å². The van der Waals surface area contributed by atoms with E-state index in [4.69, 9.17) is 5.11 Å². The number of rotatable bonds is 4. The van der Waals surface area contributed by atoms with Gasteiger partial charge in [0.25, 0.3) is 16.0 Å². The Bertz CT molecular complexity index is 811. The summed E-state index contributed by atoms with van der Waals surface area (Å²) in [6, 6.07) is 2.65. The minimum absolute atomic E-state index is 0.0628. The Kier molecular flexibility index (Phi) is 3.69. The molecule has 0 aliphatic rings. The molecule has 0 fully saturated rings. The molecule has 112 valence electrons. The van der Waals surface area contributed by atoms with Gasteiger partial charge >= 0.3 is 5.97 Å². The fourth-order valence-electron chi connectivity index (χ4n) is 1.92. The van der Waals surface area contributed by atoms with E-state index in [0.29, 0.717) is 17.0 Å². The van der Waals surface area contributed by atoms with Crippen molar-refractivity contribution in [3.05, 3.63) is 34.6 Å². The van der Waals surface area contributed by atoms with Crippen LogP contribution in [0, 0.1) is 20.8 Å². The van der Waals surface area contributed by atoms with Crippen molar-refractivity contribution in [2.45, 2.75) is 25.7 Å². The van der Waals surface area contributed by atoms with E-state index in [1.807, 2.05) is 0 Å². The Hall–Kier alpha value is -2.42. The number of hydrogen-bond acceptors (Lipinski definition) is 5. The lowest BCUT2D eigenvalue weighted by Crippen LogP contribution is -2.16. The van der Waals surface area contributed by atoms with Crippen molar-refractivity contribution in [1.29, 1.82) is 0 Å². The Morgan fingerprint density at radius 1 is 1.24 bits per heavy atom. The molecule has 2 aromatic rings. The van der Waals surface area contributed by atoms with Gasteiger partial charge in [0.1, 0.15) is 5.82 Å². The number of aryl methyl sites for hydroxylation is 3. The van der Waals surface area contributed by atoms with Gasteiger partial charge in [-0.1, -0.05) is 6.07 Å².